The summed E-state index contributed by atoms with van der Waals surface area (Å²) in [5.41, 5.74) is 3.17. The van der Waals surface area contributed by atoms with Crippen LogP contribution in [0.1, 0.15) is 5.56 Å². The molecule has 8 heteroatoms. The van der Waals surface area contributed by atoms with Crippen LogP contribution in [0.4, 0.5) is 0 Å². The summed E-state index contributed by atoms with van der Waals surface area (Å²) in [6, 6.07) is 16.1. The summed E-state index contributed by atoms with van der Waals surface area (Å²) < 4.78 is 9.61. The lowest BCUT2D eigenvalue weighted by Crippen LogP contribution is -2.01. The van der Waals surface area contributed by atoms with Crippen molar-refractivity contribution < 1.29 is 4.74 Å². The number of nitrogens with one attached hydrogen (secondary N) is 1. The van der Waals surface area contributed by atoms with Gasteiger partial charge in [0, 0.05) is 5.75 Å². The van der Waals surface area contributed by atoms with E-state index in [1.807, 2.05) is 57.4 Å². The Kier molecular flexibility index (Phi) is 3.56. The van der Waals surface area contributed by atoms with Crippen LogP contribution in [0.25, 0.3) is 22.6 Å². The summed E-state index contributed by atoms with van der Waals surface area (Å²) in [6.07, 6.45) is 0. The number of thioether (sulfide) groups is 1. The van der Waals surface area contributed by atoms with E-state index in [9.17, 15) is 0 Å². The van der Waals surface area contributed by atoms with Crippen molar-refractivity contribution in [1.29, 1.82) is 0 Å². The molecular formula is C18H16N6OS. The summed E-state index contributed by atoms with van der Waals surface area (Å²) in [6.45, 7) is 2.66. The van der Waals surface area contributed by atoms with Gasteiger partial charge in [-0.3, -0.25) is 5.10 Å². The quantitative estimate of drug-likeness (QED) is 0.382. The molecule has 0 unspecified atom stereocenters. The number of rotatable bonds is 5. The summed E-state index contributed by atoms with van der Waals surface area (Å²) in [7, 11) is 0. The topological polar surface area (TPSA) is 72.5 Å². The van der Waals surface area contributed by atoms with Crippen LogP contribution in [0, 0.1) is 6.92 Å². The first-order valence-electron chi connectivity index (χ1n) is 8.32. The van der Waals surface area contributed by atoms with E-state index in [1.54, 1.807) is 11.8 Å². The first kappa shape index (κ1) is 15.3. The minimum atomic E-state index is 0.601. The van der Waals surface area contributed by atoms with Crippen molar-refractivity contribution in [2.24, 2.45) is 0 Å². The molecule has 7 nitrogen and oxygen atoms in total. The van der Waals surface area contributed by atoms with Crippen LogP contribution in [0.15, 0.2) is 53.7 Å². The van der Waals surface area contributed by atoms with Gasteiger partial charge in [-0.15, -0.1) is 10.2 Å². The van der Waals surface area contributed by atoms with Crippen LogP contribution in [0.3, 0.4) is 0 Å². The molecule has 0 aliphatic heterocycles. The number of nitrogens with zero attached hydrogens (tertiary/aromatic N) is 5. The maximum Gasteiger partial charge on any atom is 0.258 e. The molecule has 0 spiro atoms. The first-order chi connectivity index (χ1) is 12.8. The lowest BCUT2D eigenvalue weighted by atomic mass is 10.2. The normalized spacial score (nSPS) is 11.7. The average Bonchev–Trinajstić information content (AvgIpc) is 3.30. The Balaban J connectivity index is 1.34. The standard InChI is InChI=1S/C18H16N6OS/c1-12-6-8-13(9-7-12)25-10-11-26-18-21-20-17-23-15-5-3-2-4-14(15)19-16(23)22-24(17)18/h2-9H,10-11H2,1H3,(H,19,22). The van der Waals surface area contributed by atoms with E-state index in [4.69, 9.17) is 4.74 Å². The lowest BCUT2D eigenvalue weighted by molar-refractivity contribution is 0.344. The van der Waals surface area contributed by atoms with Crippen molar-refractivity contribution in [2.45, 2.75) is 12.1 Å². The van der Waals surface area contributed by atoms with Gasteiger partial charge in [-0.25, -0.2) is 9.38 Å². The monoisotopic (exact) mass is 364 g/mol. The predicted molar refractivity (Wildman–Crippen MR) is 101 cm³/mol. The van der Waals surface area contributed by atoms with Gasteiger partial charge in [0.2, 0.25) is 10.9 Å². The van der Waals surface area contributed by atoms with Crippen LogP contribution < -0.4 is 4.74 Å². The Morgan fingerprint density at radius 2 is 1.92 bits per heavy atom. The number of para-hydroxylation sites is 2. The zero-order chi connectivity index (χ0) is 17.5. The molecule has 0 amide bonds. The van der Waals surface area contributed by atoms with E-state index in [0.29, 0.717) is 6.61 Å². The number of hydrogen-bond donors (Lipinski definition) is 1. The molecule has 0 saturated carbocycles. The fraction of sp³-hybridized carbons (Fsp3) is 0.167. The Labute approximate surface area is 153 Å². The second-order valence-electron chi connectivity index (χ2n) is 6.00. The van der Waals surface area contributed by atoms with Crippen LogP contribution in [0.5, 0.6) is 5.75 Å². The first-order valence-corrected chi connectivity index (χ1v) is 9.31. The molecule has 0 radical (unpaired) electrons. The van der Waals surface area contributed by atoms with Crippen molar-refractivity contribution >= 4 is 34.4 Å². The highest BCUT2D eigenvalue weighted by molar-refractivity contribution is 7.99. The van der Waals surface area contributed by atoms with Gasteiger partial charge in [0.25, 0.3) is 5.78 Å². The van der Waals surface area contributed by atoms with Gasteiger partial charge in [-0.05, 0) is 31.2 Å². The number of imidazole rings is 1. The van der Waals surface area contributed by atoms with Crippen molar-refractivity contribution in [3.63, 3.8) is 0 Å². The third-order valence-electron chi connectivity index (χ3n) is 4.19. The third-order valence-corrected chi connectivity index (χ3v) is 5.09. The van der Waals surface area contributed by atoms with Crippen LogP contribution >= 0.6 is 11.8 Å². The van der Waals surface area contributed by atoms with Gasteiger partial charge in [0.05, 0.1) is 17.6 Å². The van der Waals surface area contributed by atoms with Crippen LogP contribution in [-0.4, -0.2) is 41.6 Å². The van der Waals surface area contributed by atoms with Crippen molar-refractivity contribution in [3.05, 3.63) is 54.1 Å². The van der Waals surface area contributed by atoms with Gasteiger partial charge in [0.1, 0.15) is 5.75 Å². The van der Waals surface area contributed by atoms with E-state index in [0.717, 1.165) is 39.2 Å². The van der Waals surface area contributed by atoms with E-state index < -0.39 is 0 Å². The molecule has 2 aromatic carbocycles. The van der Waals surface area contributed by atoms with Crippen LogP contribution in [-0.2, 0) is 0 Å². The SMILES string of the molecule is Cc1ccc(OCCSc2nnc3n2[nH]c2nc4ccccc4n23)cc1. The molecule has 0 atom stereocenters. The van der Waals surface area contributed by atoms with Gasteiger partial charge in [-0.2, -0.15) is 4.52 Å². The van der Waals surface area contributed by atoms with Crippen molar-refractivity contribution in [1.82, 2.24) is 29.2 Å². The molecule has 0 aliphatic carbocycles. The van der Waals surface area contributed by atoms with Crippen LogP contribution in [0.2, 0.25) is 0 Å². The molecule has 0 fully saturated rings. The maximum atomic E-state index is 5.77. The summed E-state index contributed by atoms with van der Waals surface area (Å²) in [4.78, 5) is 4.59. The molecule has 5 rings (SSSR count). The predicted octanol–water partition coefficient (Wildman–Crippen LogP) is 3.34. The van der Waals surface area contributed by atoms with Gasteiger partial charge in [-0.1, -0.05) is 41.6 Å². The second kappa shape index (κ2) is 6.06. The van der Waals surface area contributed by atoms with Gasteiger partial charge < -0.3 is 4.74 Å². The molecule has 0 bridgehead atoms. The number of fused-ring (bicyclic) bond motifs is 5. The number of H-pyrrole nitrogens is 1. The van der Waals surface area contributed by atoms with E-state index in [2.05, 4.69) is 27.2 Å². The molecule has 0 aliphatic rings. The molecule has 0 saturated heterocycles. The van der Waals surface area contributed by atoms with Gasteiger partial charge in [0.15, 0.2) is 0 Å². The molecule has 26 heavy (non-hydrogen) atoms. The zero-order valence-electron chi connectivity index (χ0n) is 14.1. The molecular weight excluding hydrogens is 348 g/mol. The fourth-order valence-corrected chi connectivity index (χ4v) is 3.63. The van der Waals surface area contributed by atoms with E-state index in [1.165, 1.54) is 5.56 Å². The minimum Gasteiger partial charge on any atom is -0.493 e. The van der Waals surface area contributed by atoms with E-state index >= 15 is 0 Å². The lowest BCUT2D eigenvalue weighted by Gasteiger charge is -2.05. The molecule has 3 heterocycles. The number of ether oxygens (including phenoxy) is 1. The third kappa shape index (κ3) is 2.50. The molecule has 1 N–H and O–H groups in total. The highest BCUT2D eigenvalue weighted by Crippen LogP contribution is 2.22. The molecule has 5 aromatic rings. The van der Waals surface area contributed by atoms with Gasteiger partial charge >= 0.3 is 0 Å². The smallest absolute Gasteiger partial charge is 0.258 e. The number of aromatic nitrogens is 6. The number of aromatic amines is 1. The minimum absolute atomic E-state index is 0.601. The van der Waals surface area contributed by atoms with Crippen molar-refractivity contribution in [3.8, 4) is 5.75 Å². The average molecular weight is 364 g/mol. The highest BCUT2D eigenvalue weighted by Gasteiger charge is 2.15. The number of aryl methyl sites for hydroxylation is 1. The van der Waals surface area contributed by atoms with Crippen molar-refractivity contribution in [2.75, 3.05) is 12.4 Å². The molecule has 3 aromatic heterocycles. The summed E-state index contributed by atoms with van der Waals surface area (Å²) >= 11 is 1.59. The highest BCUT2D eigenvalue weighted by atomic mass is 32.2. The Hall–Kier alpha value is -3.00. The molecule has 130 valence electrons. The second-order valence-corrected chi connectivity index (χ2v) is 7.06. The number of benzene rings is 2. The Morgan fingerprint density at radius 3 is 2.81 bits per heavy atom. The largest absolute Gasteiger partial charge is 0.493 e. The fourth-order valence-electron chi connectivity index (χ4n) is 2.93. The Bertz CT molecular complexity index is 1200. The van der Waals surface area contributed by atoms with E-state index in [-0.39, 0.29) is 0 Å². The Morgan fingerprint density at radius 1 is 1.08 bits per heavy atom. The summed E-state index contributed by atoms with van der Waals surface area (Å²) in [5.74, 6) is 3.15. The maximum absolute atomic E-state index is 5.77. The summed E-state index contributed by atoms with van der Waals surface area (Å²) in [5, 5.41) is 12.7. The number of hydrogen-bond acceptors (Lipinski definition) is 5. The zero-order valence-corrected chi connectivity index (χ0v) is 14.9.